The number of anilines is 1. The highest BCUT2D eigenvalue weighted by molar-refractivity contribution is 14.1. The summed E-state index contributed by atoms with van der Waals surface area (Å²) in [5.74, 6) is -0.337. The summed E-state index contributed by atoms with van der Waals surface area (Å²) in [5.41, 5.74) is 2.27. The number of hydrogen-bond donors (Lipinski definition) is 1. The van der Waals surface area contributed by atoms with Gasteiger partial charge in [0.1, 0.15) is 0 Å². The van der Waals surface area contributed by atoms with Crippen molar-refractivity contribution >= 4 is 45.8 Å². The first kappa shape index (κ1) is 15.1. The van der Waals surface area contributed by atoms with Gasteiger partial charge in [0, 0.05) is 10.1 Å². The molecule has 0 heterocycles. The fraction of sp³-hybridized carbons (Fsp3) is 0.133. The number of ether oxygens (including phenoxy) is 1. The second kappa shape index (κ2) is 6.95. The molecule has 0 unspecified atom stereocenters. The van der Waals surface area contributed by atoms with E-state index in [9.17, 15) is 4.79 Å². The first-order valence-corrected chi connectivity index (χ1v) is 7.42. The van der Waals surface area contributed by atoms with Crippen LogP contribution in [0.2, 0.25) is 5.02 Å². The zero-order valence-corrected chi connectivity index (χ0v) is 13.7. The predicted octanol–water partition coefficient (Wildman–Crippen LogP) is 4.34. The molecule has 0 aromatic heterocycles. The minimum Gasteiger partial charge on any atom is -0.465 e. The number of hydrogen-bond acceptors (Lipinski definition) is 3. The molecule has 20 heavy (non-hydrogen) atoms. The van der Waals surface area contributed by atoms with E-state index in [0.717, 1.165) is 14.8 Å². The van der Waals surface area contributed by atoms with Gasteiger partial charge in [-0.25, -0.2) is 4.79 Å². The van der Waals surface area contributed by atoms with Crippen molar-refractivity contribution in [2.24, 2.45) is 0 Å². The molecule has 2 rings (SSSR count). The Labute approximate surface area is 136 Å². The van der Waals surface area contributed by atoms with Gasteiger partial charge in [0.15, 0.2) is 0 Å². The molecule has 0 saturated carbocycles. The standard InChI is InChI=1S/C15H13ClINO2/c1-20-15(19)12-5-3-2-4-10(12)9-18-14-7-6-11(17)8-13(14)16/h2-8,18H,9H2,1H3. The molecule has 0 aliphatic heterocycles. The highest BCUT2D eigenvalue weighted by Gasteiger charge is 2.11. The molecule has 2 aromatic carbocycles. The van der Waals surface area contributed by atoms with Crippen molar-refractivity contribution in [1.82, 2.24) is 0 Å². The van der Waals surface area contributed by atoms with E-state index in [4.69, 9.17) is 16.3 Å². The summed E-state index contributed by atoms with van der Waals surface area (Å²) < 4.78 is 5.85. The Bertz CT molecular complexity index is 631. The molecule has 0 aliphatic carbocycles. The SMILES string of the molecule is COC(=O)c1ccccc1CNc1ccc(I)cc1Cl. The third-order valence-electron chi connectivity index (χ3n) is 2.82. The van der Waals surface area contributed by atoms with E-state index < -0.39 is 0 Å². The number of nitrogens with one attached hydrogen (secondary N) is 1. The molecule has 104 valence electrons. The van der Waals surface area contributed by atoms with Crippen LogP contribution in [0.3, 0.4) is 0 Å². The van der Waals surface area contributed by atoms with Gasteiger partial charge in [0.2, 0.25) is 0 Å². The van der Waals surface area contributed by atoms with E-state index in [0.29, 0.717) is 17.1 Å². The van der Waals surface area contributed by atoms with Crippen molar-refractivity contribution in [3.63, 3.8) is 0 Å². The average Bonchev–Trinajstić information content (AvgIpc) is 2.46. The van der Waals surface area contributed by atoms with Crippen LogP contribution >= 0.6 is 34.2 Å². The molecular weight excluding hydrogens is 389 g/mol. The largest absolute Gasteiger partial charge is 0.465 e. The Kier molecular flexibility index (Phi) is 5.25. The number of carbonyl (C=O) groups excluding carboxylic acids is 1. The Morgan fingerprint density at radius 2 is 2.05 bits per heavy atom. The fourth-order valence-corrected chi connectivity index (χ4v) is 2.73. The highest BCUT2D eigenvalue weighted by Crippen LogP contribution is 2.24. The molecular formula is C15H13ClINO2. The van der Waals surface area contributed by atoms with E-state index in [1.165, 1.54) is 7.11 Å². The molecule has 5 heteroatoms. The van der Waals surface area contributed by atoms with Crippen LogP contribution in [-0.4, -0.2) is 13.1 Å². The van der Waals surface area contributed by atoms with Crippen LogP contribution in [0, 0.1) is 3.57 Å². The molecule has 0 bridgehead atoms. The lowest BCUT2D eigenvalue weighted by atomic mass is 10.1. The van der Waals surface area contributed by atoms with Crippen molar-refractivity contribution in [2.45, 2.75) is 6.54 Å². The van der Waals surface area contributed by atoms with Crippen LogP contribution in [0.15, 0.2) is 42.5 Å². The van der Waals surface area contributed by atoms with Crippen LogP contribution < -0.4 is 5.32 Å². The Morgan fingerprint density at radius 1 is 1.30 bits per heavy atom. The first-order chi connectivity index (χ1) is 9.61. The molecule has 3 nitrogen and oxygen atoms in total. The van der Waals surface area contributed by atoms with Gasteiger partial charge < -0.3 is 10.1 Å². The van der Waals surface area contributed by atoms with E-state index >= 15 is 0 Å². The monoisotopic (exact) mass is 401 g/mol. The molecule has 0 aliphatic rings. The van der Waals surface area contributed by atoms with Crippen molar-refractivity contribution in [1.29, 1.82) is 0 Å². The maximum atomic E-state index is 11.7. The normalized spacial score (nSPS) is 10.2. The number of esters is 1. The zero-order chi connectivity index (χ0) is 14.5. The number of rotatable bonds is 4. The summed E-state index contributed by atoms with van der Waals surface area (Å²) in [6.45, 7) is 0.506. The molecule has 0 spiro atoms. The lowest BCUT2D eigenvalue weighted by Gasteiger charge is -2.11. The van der Waals surface area contributed by atoms with Crippen molar-refractivity contribution in [3.8, 4) is 0 Å². The van der Waals surface area contributed by atoms with Gasteiger partial charge in [-0.2, -0.15) is 0 Å². The van der Waals surface area contributed by atoms with Gasteiger partial charge in [0.05, 0.1) is 23.4 Å². The van der Waals surface area contributed by atoms with Crippen LogP contribution in [0.5, 0.6) is 0 Å². The van der Waals surface area contributed by atoms with Crippen LogP contribution in [0.25, 0.3) is 0 Å². The molecule has 0 fully saturated rings. The molecule has 0 atom stereocenters. The van der Waals surface area contributed by atoms with Crippen molar-refractivity contribution in [3.05, 3.63) is 62.2 Å². The van der Waals surface area contributed by atoms with Crippen LogP contribution in [0.4, 0.5) is 5.69 Å². The Hall–Kier alpha value is -1.27. The molecule has 0 amide bonds. The van der Waals surface area contributed by atoms with Gasteiger partial charge in [-0.3, -0.25) is 0 Å². The minimum atomic E-state index is -0.337. The third kappa shape index (κ3) is 3.64. The summed E-state index contributed by atoms with van der Waals surface area (Å²) in [5, 5.41) is 3.89. The minimum absolute atomic E-state index is 0.337. The molecule has 1 N–H and O–H groups in total. The fourth-order valence-electron chi connectivity index (χ4n) is 1.81. The first-order valence-electron chi connectivity index (χ1n) is 5.97. The highest BCUT2D eigenvalue weighted by atomic mass is 127. The zero-order valence-electron chi connectivity index (χ0n) is 10.8. The molecule has 0 radical (unpaired) electrons. The van der Waals surface area contributed by atoms with E-state index in [1.54, 1.807) is 6.07 Å². The van der Waals surface area contributed by atoms with E-state index in [2.05, 4.69) is 27.9 Å². The second-order valence-corrected chi connectivity index (χ2v) is 5.78. The Morgan fingerprint density at radius 3 is 2.75 bits per heavy atom. The summed E-state index contributed by atoms with van der Waals surface area (Å²) in [6, 6.07) is 13.1. The maximum absolute atomic E-state index is 11.7. The summed E-state index contributed by atoms with van der Waals surface area (Å²) in [6.07, 6.45) is 0. The number of halogens is 2. The smallest absolute Gasteiger partial charge is 0.338 e. The van der Waals surface area contributed by atoms with Crippen LogP contribution in [0.1, 0.15) is 15.9 Å². The van der Waals surface area contributed by atoms with Crippen LogP contribution in [-0.2, 0) is 11.3 Å². The second-order valence-electron chi connectivity index (χ2n) is 4.13. The summed E-state index contributed by atoms with van der Waals surface area (Å²) in [4.78, 5) is 11.7. The lowest BCUT2D eigenvalue weighted by Crippen LogP contribution is -2.09. The summed E-state index contributed by atoms with van der Waals surface area (Å²) >= 11 is 8.37. The van der Waals surface area contributed by atoms with Gasteiger partial charge in [-0.1, -0.05) is 29.8 Å². The topological polar surface area (TPSA) is 38.3 Å². The van der Waals surface area contributed by atoms with Gasteiger partial charge in [-0.05, 0) is 52.4 Å². The van der Waals surface area contributed by atoms with Crippen molar-refractivity contribution < 1.29 is 9.53 Å². The van der Waals surface area contributed by atoms with Gasteiger partial charge in [-0.15, -0.1) is 0 Å². The average molecular weight is 402 g/mol. The Balaban J connectivity index is 2.17. The van der Waals surface area contributed by atoms with Gasteiger partial charge in [0.25, 0.3) is 0 Å². The van der Waals surface area contributed by atoms with Gasteiger partial charge >= 0.3 is 5.97 Å². The molecule has 2 aromatic rings. The third-order valence-corrected chi connectivity index (χ3v) is 3.81. The van der Waals surface area contributed by atoms with Crippen molar-refractivity contribution in [2.75, 3.05) is 12.4 Å². The molecule has 0 saturated heterocycles. The van der Waals surface area contributed by atoms with E-state index in [-0.39, 0.29) is 5.97 Å². The summed E-state index contributed by atoms with van der Waals surface area (Å²) in [7, 11) is 1.38. The number of methoxy groups -OCH3 is 1. The quantitative estimate of drug-likeness (QED) is 0.612. The van der Waals surface area contributed by atoms with E-state index in [1.807, 2.05) is 36.4 Å². The maximum Gasteiger partial charge on any atom is 0.338 e. The number of carbonyl (C=O) groups is 1. The lowest BCUT2D eigenvalue weighted by molar-refractivity contribution is 0.0599. The number of benzene rings is 2. The predicted molar refractivity (Wildman–Crippen MR) is 89.3 cm³/mol.